The van der Waals surface area contributed by atoms with Crippen molar-refractivity contribution in [2.75, 3.05) is 32.8 Å². The van der Waals surface area contributed by atoms with Crippen molar-refractivity contribution in [3.8, 4) is 11.3 Å². The van der Waals surface area contributed by atoms with Gasteiger partial charge in [0.2, 0.25) is 5.91 Å². The summed E-state index contributed by atoms with van der Waals surface area (Å²) in [4.78, 5) is 36.6. The molecule has 1 aromatic heterocycles. The van der Waals surface area contributed by atoms with Gasteiger partial charge in [-0.1, -0.05) is 51.5 Å². The lowest BCUT2D eigenvalue weighted by Gasteiger charge is -2.33. The predicted molar refractivity (Wildman–Crippen MR) is 198 cm³/mol. The lowest BCUT2D eigenvalue weighted by atomic mass is 9.90. The number of imidazole rings is 1. The number of fused-ring (bicyclic) bond motifs is 8. The fraction of sp³-hybridized carbons (Fsp3) is 0.725. The average molecular weight is 688 g/mol. The fourth-order valence-corrected chi connectivity index (χ4v) is 10.2. The Bertz CT molecular complexity index is 1490. The zero-order chi connectivity index (χ0) is 34.2. The second-order valence-corrected chi connectivity index (χ2v) is 22.8. The first-order valence-electron chi connectivity index (χ1n) is 19.7. The van der Waals surface area contributed by atoms with Crippen molar-refractivity contribution < 1.29 is 14.3 Å². The normalized spacial score (nSPS) is 30.7. The Balaban J connectivity index is 1.20. The summed E-state index contributed by atoms with van der Waals surface area (Å²) in [6.45, 7) is 14.9. The number of rotatable bonds is 12. The molecule has 9 bridgehead atoms. The molecule has 5 atom stereocenters. The van der Waals surface area contributed by atoms with Crippen LogP contribution in [0.4, 0.5) is 0 Å². The molecular weight excluding hydrogens is 627 g/mol. The van der Waals surface area contributed by atoms with Gasteiger partial charge in [-0.3, -0.25) is 14.5 Å². The smallest absolute Gasteiger partial charge is 0.224 e. The Morgan fingerprint density at radius 3 is 2.57 bits per heavy atom. The topological polar surface area (TPSA) is 79.7 Å². The molecule has 2 aromatic rings. The molecule has 2 saturated heterocycles. The van der Waals surface area contributed by atoms with Gasteiger partial charge in [0.25, 0.3) is 0 Å². The van der Waals surface area contributed by atoms with Crippen LogP contribution < -0.4 is 5.32 Å². The first-order chi connectivity index (χ1) is 23.7. The lowest BCUT2D eigenvalue weighted by Crippen LogP contribution is -2.38. The third-order valence-electron chi connectivity index (χ3n) is 12.7. The van der Waals surface area contributed by atoms with Crippen molar-refractivity contribution in [2.45, 2.75) is 141 Å². The van der Waals surface area contributed by atoms with E-state index in [1.165, 1.54) is 55.5 Å². The molecule has 1 amide bonds. The largest absolute Gasteiger partial charge is 0.361 e. The minimum atomic E-state index is -1.25. The van der Waals surface area contributed by atoms with E-state index in [1.807, 2.05) is 13.1 Å². The Labute approximate surface area is 295 Å². The molecule has 1 aliphatic carbocycles. The zero-order valence-corrected chi connectivity index (χ0v) is 31.8. The molecule has 0 radical (unpaired) electrons. The van der Waals surface area contributed by atoms with Gasteiger partial charge in [0.15, 0.2) is 0 Å². The second-order valence-electron chi connectivity index (χ2n) is 17.2. The van der Waals surface area contributed by atoms with Gasteiger partial charge in [-0.25, -0.2) is 4.98 Å². The summed E-state index contributed by atoms with van der Waals surface area (Å²) in [5.41, 5.74) is 5.49. The molecule has 268 valence electrons. The second kappa shape index (κ2) is 14.7. The van der Waals surface area contributed by atoms with Crippen LogP contribution >= 0.6 is 0 Å². The van der Waals surface area contributed by atoms with E-state index in [9.17, 15) is 9.59 Å². The van der Waals surface area contributed by atoms with Gasteiger partial charge in [-0.2, -0.15) is 0 Å². The number of nitrogens with zero attached hydrogens (tertiary/aromatic N) is 4. The van der Waals surface area contributed by atoms with Gasteiger partial charge in [0.05, 0.1) is 17.9 Å². The van der Waals surface area contributed by atoms with Gasteiger partial charge >= 0.3 is 0 Å². The van der Waals surface area contributed by atoms with Crippen LogP contribution in [0.15, 0.2) is 24.4 Å². The average Bonchev–Trinajstić information content (AvgIpc) is 3.34. The van der Waals surface area contributed by atoms with Gasteiger partial charge < -0.3 is 19.5 Å². The van der Waals surface area contributed by atoms with Crippen LogP contribution in [0.3, 0.4) is 0 Å². The molecule has 8 rings (SSSR count). The number of ketones is 1. The first kappa shape index (κ1) is 35.1. The van der Waals surface area contributed by atoms with Crippen LogP contribution in [0.25, 0.3) is 11.3 Å². The van der Waals surface area contributed by atoms with Crippen LogP contribution in [0.5, 0.6) is 0 Å². The number of aromatic nitrogens is 2. The molecule has 9 heteroatoms. The Kier molecular flexibility index (Phi) is 10.5. The quantitative estimate of drug-likeness (QED) is 0.180. The van der Waals surface area contributed by atoms with E-state index in [-0.39, 0.29) is 23.3 Å². The SMILES string of the molecule is CCC(=O)CCCCC[C@@H]1NC(=O)[C@H]2CC23CCN(CCCCN2C4CCC2c2cc(ccc24)-c2cnc1n2COCC[Si](C)(C)C)CC3. The number of piperidine rings is 1. The van der Waals surface area contributed by atoms with Crippen LogP contribution in [-0.2, 0) is 21.1 Å². The maximum Gasteiger partial charge on any atom is 0.224 e. The van der Waals surface area contributed by atoms with E-state index >= 15 is 0 Å². The summed E-state index contributed by atoms with van der Waals surface area (Å²) in [6.07, 6.45) is 15.2. The number of Topliss-reactive ketones (excluding diaryl/α,β-unsaturated/α-hetero) is 1. The summed E-state index contributed by atoms with van der Waals surface area (Å²) in [7, 11) is -1.25. The highest BCUT2D eigenvalue weighted by Gasteiger charge is 2.58. The highest BCUT2D eigenvalue weighted by atomic mass is 28.3. The zero-order valence-electron chi connectivity index (χ0n) is 30.8. The van der Waals surface area contributed by atoms with E-state index in [0.717, 1.165) is 82.2 Å². The summed E-state index contributed by atoms with van der Waals surface area (Å²) in [5.74, 6) is 1.55. The molecule has 1 saturated carbocycles. The number of ether oxygens (including phenoxy) is 1. The summed E-state index contributed by atoms with van der Waals surface area (Å²) in [6, 6.07) is 9.14. The number of unbranched alkanes of at least 4 members (excludes halogenated alkanes) is 2. The number of nitrogens with one attached hydrogen (secondary N) is 1. The van der Waals surface area contributed by atoms with Gasteiger partial charge in [0.1, 0.15) is 18.3 Å². The van der Waals surface area contributed by atoms with Gasteiger partial charge in [0, 0.05) is 51.1 Å². The fourth-order valence-electron chi connectivity index (χ4n) is 9.42. The van der Waals surface area contributed by atoms with E-state index in [1.54, 1.807) is 0 Å². The van der Waals surface area contributed by atoms with Crippen molar-refractivity contribution >= 4 is 19.8 Å². The van der Waals surface area contributed by atoms with Crippen molar-refractivity contribution in [1.29, 1.82) is 0 Å². The van der Waals surface area contributed by atoms with E-state index in [0.29, 0.717) is 37.4 Å². The van der Waals surface area contributed by atoms with Gasteiger partial charge in [-0.05, 0) is 113 Å². The highest BCUT2D eigenvalue weighted by Crippen LogP contribution is 2.59. The molecule has 1 spiro atoms. The maximum absolute atomic E-state index is 14.1. The lowest BCUT2D eigenvalue weighted by molar-refractivity contribution is -0.124. The number of carbonyl (C=O) groups is 2. The molecule has 6 heterocycles. The van der Waals surface area contributed by atoms with Crippen LogP contribution in [-0.4, -0.2) is 71.9 Å². The summed E-state index contributed by atoms with van der Waals surface area (Å²) < 4.78 is 8.71. The van der Waals surface area contributed by atoms with E-state index in [2.05, 4.69) is 57.5 Å². The predicted octanol–water partition coefficient (Wildman–Crippen LogP) is 8.04. The van der Waals surface area contributed by atoms with Crippen molar-refractivity contribution in [2.24, 2.45) is 11.3 Å². The Morgan fingerprint density at radius 1 is 1.02 bits per heavy atom. The Hall–Kier alpha value is -2.33. The number of benzene rings is 1. The van der Waals surface area contributed by atoms with Crippen molar-refractivity contribution in [1.82, 2.24) is 24.7 Å². The molecular formula is C40H61N5O3Si. The molecule has 3 unspecified atom stereocenters. The third kappa shape index (κ3) is 7.65. The maximum atomic E-state index is 14.1. The highest BCUT2D eigenvalue weighted by molar-refractivity contribution is 6.76. The van der Waals surface area contributed by atoms with Crippen LogP contribution in [0.2, 0.25) is 25.7 Å². The molecule has 5 aliphatic heterocycles. The first-order valence-corrected chi connectivity index (χ1v) is 23.4. The monoisotopic (exact) mass is 687 g/mol. The molecule has 49 heavy (non-hydrogen) atoms. The standard InChI is InChI=1S/C40H61N5O3Si/c1-5-30(46)11-7-6-8-12-34-38-41-27-37(45(38)28-48-23-24-49(2,3)4)29-13-14-31-32(25-29)36-16-15-35(31)44(36)20-10-9-19-43-21-17-40(18-22-43)26-33(40)39(47)42-34/h13-14,25,27,33-36H,5-12,15-24,26,28H2,1-4H3,(H,42,47)/t33-,34+,35?,36?/m1/s1. The van der Waals surface area contributed by atoms with Crippen LogP contribution in [0, 0.1) is 11.3 Å². The van der Waals surface area contributed by atoms with Crippen molar-refractivity contribution in [3.63, 3.8) is 0 Å². The van der Waals surface area contributed by atoms with Crippen molar-refractivity contribution in [3.05, 3.63) is 41.3 Å². The van der Waals surface area contributed by atoms with Crippen LogP contribution in [0.1, 0.15) is 125 Å². The molecule has 8 nitrogen and oxygen atoms in total. The molecule has 6 aliphatic rings. The number of hydrogen-bond acceptors (Lipinski definition) is 6. The van der Waals surface area contributed by atoms with E-state index in [4.69, 9.17) is 9.72 Å². The number of carbonyl (C=O) groups excluding carboxylic acids is 2. The Morgan fingerprint density at radius 2 is 1.80 bits per heavy atom. The molecule has 1 N–H and O–H groups in total. The third-order valence-corrected chi connectivity index (χ3v) is 14.4. The number of hydrogen-bond donors (Lipinski definition) is 1. The molecule has 3 fully saturated rings. The summed E-state index contributed by atoms with van der Waals surface area (Å²) in [5, 5.41) is 3.55. The minimum Gasteiger partial charge on any atom is -0.361 e. The summed E-state index contributed by atoms with van der Waals surface area (Å²) >= 11 is 0. The molecule has 1 aromatic carbocycles. The van der Waals surface area contributed by atoms with Gasteiger partial charge in [-0.15, -0.1) is 0 Å². The van der Waals surface area contributed by atoms with E-state index < -0.39 is 8.07 Å². The minimum absolute atomic E-state index is 0.106. The number of amides is 1.